The molecule has 7 aliphatic rings. The molecule has 3 aromatic carbocycles. The predicted octanol–water partition coefficient (Wildman–Crippen LogP) is 14.9. The zero-order valence-corrected chi connectivity index (χ0v) is 39.4. The second-order valence-electron chi connectivity index (χ2n) is 23.0. The number of hydrogen-bond acceptors (Lipinski definition) is 2. The second kappa shape index (κ2) is 16.1. The summed E-state index contributed by atoms with van der Waals surface area (Å²) in [5, 5.41) is 0. The summed E-state index contributed by atoms with van der Waals surface area (Å²) in [5.74, 6) is 2.45. The third-order valence-electron chi connectivity index (χ3n) is 16.8. The van der Waals surface area contributed by atoms with E-state index in [1.165, 1.54) is 109 Å². The monoisotopic (exact) mass is 821 g/mol. The summed E-state index contributed by atoms with van der Waals surface area (Å²) >= 11 is 0. The Balaban J connectivity index is 1.21. The standard InChI is InChI=1S/C59H73BN2/c1-57(2,3)44-27-32-49(33-28-44)62-53-35-29-46(58(4,5)6)37-51(53)60-50-36-43(41-20-14-10-15-21-41)26-34-52(50)61(48-30-24-42(25-31-48)40-18-12-9-13-19-40)54-38-47(39-55(62)56(54)60)59(7,8)45-22-16-11-17-23-45/h11,16-17,22-24,26-38,40-42,51,53,55H,9-10,12-15,18-21,25,39H2,1-8H3. The molecule has 0 aromatic heterocycles. The Labute approximate surface area is 376 Å². The van der Waals surface area contributed by atoms with E-state index in [0.717, 1.165) is 18.8 Å². The number of benzene rings is 3. The van der Waals surface area contributed by atoms with Crippen molar-refractivity contribution in [1.82, 2.24) is 0 Å². The molecule has 2 aliphatic heterocycles. The van der Waals surface area contributed by atoms with Crippen LogP contribution in [0.15, 0.2) is 143 Å². The highest BCUT2D eigenvalue weighted by Gasteiger charge is 2.55. The molecule has 3 aromatic rings. The molecule has 4 atom stereocenters. The maximum absolute atomic E-state index is 2.89. The van der Waals surface area contributed by atoms with Crippen molar-refractivity contribution in [3.8, 4) is 0 Å². The summed E-state index contributed by atoms with van der Waals surface area (Å²) in [6.45, 7) is 19.5. The first-order valence-corrected chi connectivity index (χ1v) is 24.9. The fourth-order valence-corrected chi connectivity index (χ4v) is 12.9. The highest BCUT2D eigenvalue weighted by atomic mass is 15.2. The summed E-state index contributed by atoms with van der Waals surface area (Å²) in [7, 11) is 0. The average molecular weight is 821 g/mol. The highest BCUT2D eigenvalue weighted by Crippen LogP contribution is 2.54. The lowest BCUT2D eigenvalue weighted by Gasteiger charge is -2.57. The first kappa shape index (κ1) is 41.8. The second-order valence-corrected chi connectivity index (χ2v) is 23.0. The molecule has 0 radical (unpaired) electrons. The van der Waals surface area contributed by atoms with Crippen molar-refractivity contribution in [1.29, 1.82) is 0 Å². The Hall–Kier alpha value is -4.24. The first-order chi connectivity index (χ1) is 29.8. The van der Waals surface area contributed by atoms with Gasteiger partial charge in [0.05, 0.1) is 0 Å². The van der Waals surface area contributed by atoms with Crippen LogP contribution in [-0.4, -0.2) is 18.8 Å². The van der Waals surface area contributed by atoms with Crippen LogP contribution in [0.5, 0.6) is 0 Å². The van der Waals surface area contributed by atoms with Gasteiger partial charge in [0.1, 0.15) is 0 Å². The summed E-state index contributed by atoms with van der Waals surface area (Å²) < 4.78 is 0. The number of hydrogen-bond donors (Lipinski definition) is 0. The molecule has 0 N–H and O–H groups in total. The van der Waals surface area contributed by atoms with Gasteiger partial charge in [0.2, 0.25) is 6.71 Å². The molecule has 10 rings (SSSR count). The summed E-state index contributed by atoms with van der Waals surface area (Å²) in [4.78, 5) is 5.66. The molecule has 2 heterocycles. The van der Waals surface area contributed by atoms with Gasteiger partial charge in [0.25, 0.3) is 0 Å². The maximum Gasteiger partial charge on any atom is 0.221 e. The van der Waals surface area contributed by atoms with Crippen molar-refractivity contribution in [3.05, 3.63) is 160 Å². The lowest BCUT2D eigenvalue weighted by molar-refractivity contribution is 0.285. The van der Waals surface area contributed by atoms with Gasteiger partial charge in [-0.15, -0.1) is 0 Å². The van der Waals surface area contributed by atoms with Crippen molar-refractivity contribution in [2.75, 3.05) is 9.80 Å². The van der Waals surface area contributed by atoms with Crippen LogP contribution >= 0.6 is 0 Å². The molecule has 2 nitrogen and oxygen atoms in total. The number of allylic oxidation sites excluding steroid dienone is 6. The molecule has 3 fully saturated rings. The van der Waals surface area contributed by atoms with Crippen LogP contribution < -0.4 is 15.3 Å². The molecule has 62 heavy (non-hydrogen) atoms. The van der Waals surface area contributed by atoms with Crippen LogP contribution in [0.1, 0.15) is 155 Å². The van der Waals surface area contributed by atoms with E-state index >= 15 is 0 Å². The van der Waals surface area contributed by atoms with E-state index in [-0.39, 0.29) is 28.3 Å². The summed E-state index contributed by atoms with van der Waals surface area (Å²) in [6.07, 6.45) is 34.2. The SMILES string of the molecule is CC(C)(C)C1=CC2B3C4=C(C=C(C(C)(C)c5ccccc5)CC4N(c4ccc(C(C)(C)C)cc4)C2C=C1)N(C1=CCC(C2CCCCC2)C=C1)c1ccc(C2CCCCC2)cc13. The van der Waals surface area contributed by atoms with Gasteiger partial charge in [0.15, 0.2) is 0 Å². The van der Waals surface area contributed by atoms with Gasteiger partial charge in [-0.1, -0.05) is 184 Å². The molecule has 322 valence electrons. The number of nitrogens with zero attached hydrogens (tertiary/aromatic N) is 2. The fraction of sp³-hybridized carbons (Fsp3) is 0.492. The van der Waals surface area contributed by atoms with Crippen molar-refractivity contribution in [2.45, 2.75) is 167 Å². The van der Waals surface area contributed by atoms with Gasteiger partial charge >= 0.3 is 0 Å². The van der Waals surface area contributed by atoms with Crippen LogP contribution in [0.4, 0.5) is 11.4 Å². The van der Waals surface area contributed by atoms with Gasteiger partial charge in [-0.05, 0) is 136 Å². The fourth-order valence-electron chi connectivity index (χ4n) is 12.9. The van der Waals surface area contributed by atoms with Crippen LogP contribution in [-0.2, 0) is 10.8 Å². The smallest absolute Gasteiger partial charge is 0.221 e. The Morgan fingerprint density at radius 2 is 1.39 bits per heavy atom. The van der Waals surface area contributed by atoms with Gasteiger partial charge in [-0.25, -0.2) is 0 Å². The zero-order chi connectivity index (χ0) is 43.0. The van der Waals surface area contributed by atoms with Gasteiger partial charge < -0.3 is 9.80 Å². The predicted molar refractivity (Wildman–Crippen MR) is 267 cm³/mol. The van der Waals surface area contributed by atoms with Crippen LogP contribution in [0.3, 0.4) is 0 Å². The normalized spacial score (nSPS) is 25.8. The van der Waals surface area contributed by atoms with E-state index in [0.29, 0.717) is 24.4 Å². The van der Waals surface area contributed by atoms with E-state index in [1.807, 2.05) is 0 Å². The summed E-state index contributed by atoms with van der Waals surface area (Å²) in [5.41, 5.74) is 16.2. The molecule has 2 saturated carbocycles. The third kappa shape index (κ3) is 7.46. The largest absolute Gasteiger partial charge is 0.359 e. The van der Waals surface area contributed by atoms with E-state index in [1.54, 1.807) is 16.5 Å². The third-order valence-corrected chi connectivity index (χ3v) is 16.8. The number of fused-ring (bicyclic) bond motifs is 4. The lowest BCUT2D eigenvalue weighted by Crippen LogP contribution is -2.64. The number of anilines is 2. The number of rotatable bonds is 6. The van der Waals surface area contributed by atoms with Crippen molar-refractivity contribution < 1.29 is 0 Å². The first-order valence-electron chi connectivity index (χ1n) is 24.9. The van der Waals surface area contributed by atoms with Gasteiger partial charge in [-0.3, -0.25) is 0 Å². The van der Waals surface area contributed by atoms with E-state index in [9.17, 15) is 0 Å². The molecule has 0 bridgehead atoms. The minimum atomic E-state index is -0.144. The molecule has 4 unspecified atom stereocenters. The molecule has 5 aliphatic carbocycles. The van der Waals surface area contributed by atoms with Gasteiger partial charge in [0, 0.05) is 40.3 Å². The van der Waals surface area contributed by atoms with Crippen LogP contribution in [0.2, 0.25) is 5.82 Å². The Morgan fingerprint density at radius 3 is 2.05 bits per heavy atom. The average Bonchev–Trinajstić information content (AvgIpc) is 3.29. The van der Waals surface area contributed by atoms with E-state index in [4.69, 9.17) is 0 Å². The Bertz CT molecular complexity index is 2340. The van der Waals surface area contributed by atoms with Crippen molar-refractivity contribution in [2.24, 2.45) is 17.3 Å². The van der Waals surface area contributed by atoms with E-state index in [2.05, 4.69) is 181 Å². The minimum absolute atomic E-state index is 0.0636. The van der Waals surface area contributed by atoms with Crippen LogP contribution in [0, 0.1) is 17.3 Å². The van der Waals surface area contributed by atoms with Crippen LogP contribution in [0.25, 0.3) is 0 Å². The Kier molecular flexibility index (Phi) is 10.8. The zero-order valence-electron chi connectivity index (χ0n) is 39.4. The van der Waals surface area contributed by atoms with Crippen molar-refractivity contribution in [3.63, 3.8) is 0 Å². The molecule has 0 amide bonds. The van der Waals surface area contributed by atoms with Gasteiger partial charge in [-0.2, -0.15) is 0 Å². The Morgan fingerprint density at radius 1 is 0.677 bits per heavy atom. The molecule has 1 saturated heterocycles. The molecular weight excluding hydrogens is 747 g/mol. The molecule has 3 heteroatoms. The summed E-state index contributed by atoms with van der Waals surface area (Å²) in [6, 6.07) is 29.4. The highest BCUT2D eigenvalue weighted by molar-refractivity contribution is 6.84. The lowest BCUT2D eigenvalue weighted by atomic mass is 9.26. The van der Waals surface area contributed by atoms with Crippen molar-refractivity contribution >= 4 is 23.6 Å². The van der Waals surface area contributed by atoms with E-state index < -0.39 is 0 Å². The maximum atomic E-state index is 2.89. The minimum Gasteiger partial charge on any atom is -0.359 e. The molecular formula is C59H73BN2. The topological polar surface area (TPSA) is 6.48 Å². The quantitative estimate of drug-likeness (QED) is 0.229. The molecule has 0 spiro atoms.